The van der Waals surface area contributed by atoms with Crippen molar-refractivity contribution in [3.63, 3.8) is 0 Å². The number of carbonyl (C=O) groups excluding carboxylic acids is 1. The van der Waals surface area contributed by atoms with Gasteiger partial charge in [0.15, 0.2) is 0 Å². The standard InChI is InChI=1S/C30H38N2O2/c1-20(2)10-7-11-21(3)12-8-13-22(4)16-17-32-27-19-25(33)18-24(6)29(27)31-28-23(5)14-9-15-26(28)30(32)34/h9-10,12,14-16,18-19,31,33H,7-8,11,13,17H2,1-6H3/b21-12+,22-16+. The Kier molecular flexibility index (Phi) is 8.38. The van der Waals surface area contributed by atoms with E-state index in [9.17, 15) is 9.90 Å². The molecule has 180 valence electrons. The van der Waals surface area contributed by atoms with Gasteiger partial charge in [0.25, 0.3) is 5.91 Å². The number of carbonyl (C=O) groups is 1. The Hall–Kier alpha value is -3.27. The predicted octanol–water partition coefficient (Wildman–Crippen LogP) is 8.13. The fourth-order valence-electron chi connectivity index (χ4n) is 4.28. The van der Waals surface area contributed by atoms with Crippen LogP contribution in [0.25, 0.3) is 0 Å². The molecule has 34 heavy (non-hydrogen) atoms. The minimum absolute atomic E-state index is 0.0611. The number of rotatable bonds is 8. The van der Waals surface area contributed by atoms with Crippen molar-refractivity contribution < 1.29 is 9.90 Å². The Morgan fingerprint density at radius 3 is 2.29 bits per heavy atom. The van der Waals surface area contributed by atoms with Gasteiger partial charge >= 0.3 is 0 Å². The van der Waals surface area contributed by atoms with Crippen LogP contribution in [0.3, 0.4) is 0 Å². The molecule has 1 aliphatic rings. The third-order valence-electron chi connectivity index (χ3n) is 6.33. The number of amides is 1. The molecule has 4 nitrogen and oxygen atoms in total. The maximum atomic E-state index is 13.6. The van der Waals surface area contributed by atoms with Gasteiger partial charge < -0.3 is 15.3 Å². The van der Waals surface area contributed by atoms with Gasteiger partial charge in [-0.15, -0.1) is 0 Å². The summed E-state index contributed by atoms with van der Waals surface area (Å²) in [5.74, 6) is 0.0990. The molecule has 1 aliphatic heterocycles. The molecule has 0 atom stereocenters. The van der Waals surface area contributed by atoms with Crippen LogP contribution in [0.4, 0.5) is 17.1 Å². The van der Waals surface area contributed by atoms with E-state index < -0.39 is 0 Å². The van der Waals surface area contributed by atoms with E-state index in [-0.39, 0.29) is 11.7 Å². The monoisotopic (exact) mass is 458 g/mol. The van der Waals surface area contributed by atoms with E-state index in [1.54, 1.807) is 17.0 Å². The molecule has 3 rings (SSSR count). The van der Waals surface area contributed by atoms with Crippen LogP contribution >= 0.6 is 0 Å². The molecule has 0 saturated heterocycles. The summed E-state index contributed by atoms with van der Waals surface area (Å²) in [5, 5.41) is 13.8. The molecule has 1 amide bonds. The smallest absolute Gasteiger partial charge is 0.260 e. The lowest BCUT2D eigenvalue weighted by Gasteiger charge is -2.23. The fourth-order valence-corrected chi connectivity index (χ4v) is 4.28. The fraction of sp³-hybridized carbons (Fsp3) is 0.367. The molecule has 1 heterocycles. The van der Waals surface area contributed by atoms with Crippen LogP contribution in [0, 0.1) is 13.8 Å². The van der Waals surface area contributed by atoms with Crippen LogP contribution in [-0.2, 0) is 0 Å². The van der Waals surface area contributed by atoms with Crippen molar-refractivity contribution in [2.75, 3.05) is 16.8 Å². The van der Waals surface area contributed by atoms with Crippen molar-refractivity contribution >= 4 is 23.0 Å². The third-order valence-corrected chi connectivity index (χ3v) is 6.33. The SMILES string of the molecule is CC(C)=CCC/C(C)=C/CC/C(C)=C/CN1C(=O)c2cccc(C)c2Nc2c(C)cc(O)cc21. The molecule has 0 fully saturated rings. The molecule has 0 aromatic heterocycles. The normalized spacial score (nSPS) is 13.7. The summed E-state index contributed by atoms with van der Waals surface area (Å²) in [6.45, 7) is 13.0. The van der Waals surface area contributed by atoms with E-state index >= 15 is 0 Å². The highest BCUT2D eigenvalue weighted by Crippen LogP contribution is 2.41. The third kappa shape index (κ3) is 6.19. The van der Waals surface area contributed by atoms with Crippen LogP contribution in [0.1, 0.15) is 74.9 Å². The van der Waals surface area contributed by atoms with E-state index in [0.717, 1.165) is 48.2 Å². The highest BCUT2D eigenvalue weighted by molar-refractivity contribution is 6.14. The van der Waals surface area contributed by atoms with Gasteiger partial charge in [-0.2, -0.15) is 0 Å². The second kappa shape index (κ2) is 11.2. The van der Waals surface area contributed by atoms with E-state index in [1.165, 1.54) is 16.7 Å². The van der Waals surface area contributed by atoms with Gasteiger partial charge in [0, 0.05) is 12.6 Å². The molecule has 0 saturated carbocycles. The van der Waals surface area contributed by atoms with Crippen LogP contribution < -0.4 is 10.2 Å². The Bertz CT molecular complexity index is 1150. The van der Waals surface area contributed by atoms with Gasteiger partial charge in [-0.05, 0) is 90.5 Å². The Balaban J connectivity index is 1.80. The van der Waals surface area contributed by atoms with E-state index in [1.807, 2.05) is 32.0 Å². The summed E-state index contributed by atoms with van der Waals surface area (Å²) < 4.78 is 0. The summed E-state index contributed by atoms with van der Waals surface area (Å²) in [4.78, 5) is 15.4. The molecule has 2 N–H and O–H groups in total. The lowest BCUT2D eigenvalue weighted by molar-refractivity contribution is 0.0991. The number of nitrogens with zero attached hydrogens (tertiary/aromatic N) is 1. The number of fused-ring (bicyclic) bond motifs is 2. The molecule has 0 unspecified atom stereocenters. The second-order valence-electron chi connectivity index (χ2n) is 9.65. The summed E-state index contributed by atoms with van der Waals surface area (Å²) in [5.41, 5.74) is 9.01. The number of allylic oxidation sites excluding steroid dienone is 5. The lowest BCUT2D eigenvalue weighted by Crippen LogP contribution is -2.30. The van der Waals surface area contributed by atoms with Crippen molar-refractivity contribution in [2.24, 2.45) is 0 Å². The van der Waals surface area contributed by atoms with Crippen molar-refractivity contribution in [3.8, 4) is 5.75 Å². The maximum Gasteiger partial charge on any atom is 0.260 e. The number of hydrogen-bond donors (Lipinski definition) is 2. The Morgan fingerprint density at radius 1 is 0.912 bits per heavy atom. The molecule has 2 aromatic carbocycles. The summed E-state index contributed by atoms with van der Waals surface area (Å²) in [7, 11) is 0. The van der Waals surface area contributed by atoms with E-state index in [2.05, 4.69) is 51.2 Å². The van der Waals surface area contributed by atoms with Gasteiger partial charge in [0.05, 0.1) is 22.6 Å². The highest BCUT2D eigenvalue weighted by atomic mass is 16.3. The van der Waals surface area contributed by atoms with Crippen LogP contribution in [0.5, 0.6) is 5.75 Å². The van der Waals surface area contributed by atoms with Gasteiger partial charge in [-0.1, -0.05) is 47.1 Å². The number of phenols is 1. The first-order valence-corrected chi connectivity index (χ1v) is 12.1. The zero-order chi connectivity index (χ0) is 24.8. The minimum atomic E-state index is -0.0611. The molecule has 0 aliphatic carbocycles. The van der Waals surface area contributed by atoms with Crippen LogP contribution in [0.2, 0.25) is 0 Å². The predicted molar refractivity (Wildman–Crippen MR) is 144 cm³/mol. The zero-order valence-corrected chi connectivity index (χ0v) is 21.5. The number of hydrogen-bond acceptors (Lipinski definition) is 3. The molecule has 0 bridgehead atoms. The summed E-state index contributed by atoms with van der Waals surface area (Å²) in [6.07, 6.45) is 10.9. The minimum Gasteiger partial charge on any atom is -0.508 e. The quantitative estimate of drug-likeness (QED) is 0.310. The van der Waals surface area contributed by atoms with E-state index in [0.29, 0.717) is 17.8 Å². The van der Waals surface area contributed by atoms with Crippen molar-refractivity contribution in [2.45, 2.75) is 67.2 Å². The number of para-hydroxylation sites is 1. The lowest BCUT2D eigenvalue weighted by atomic mass is 10.1. The topological polar surface area (TPSA) is 52.6 Å². The van der Waals surface area contributed by atoms with Crippen molar-refractivity contribution in [1.82, 2.24) is 0 Å². The first-order valence-electron chi connectivity index (χ1n) is 12.1. The van der Waals surface area contributed by atoms with E-state index in [4.69, 9.17) is 0 Å². The molecular formula is C30H38N2O2. The maximum absolute atomic E-state index is 13.6. The largest absolute Gasteiger partial charge is 0.508 e. The molecular weight excluding hydrogens is 420 g/mol. The Morgan fingerprint density at radius 2 is 1.59 bits per heavy atom. The average Bonchev–Trinajstić information content (AvgIpc) is 2.87. The Labute approximate surface area is 204 Å². The van der Waals surface area contributed by atoms with Crippen molar-refractivity contribution in [3.05, 3.63) is 82.0 Å². The number of anilines is 3. The summed E-state index contributed by atoms with van der Waals surface area (Å²) in [6, 6.07) is 9.19. The molecule has 2 aromatic rings. The van der Waals surface area contributed by atoms with Gasteiger partial charge in [-0.3, -0.25) is 4.79 Å². The number of aryl methyl sites for hydroxylation is 2. The zero-order valence-electron chi connectivity index (χ0n) is 21.5. The molecule has 4 heteroatoms. The second-order valence-corrected chi connectivity index (χ2v) is 9.65. The molecule has 0 radical (unpaired) electrons. The molecule has 0 spiro atoms. The average molecular weight is 459 g/mol. The van der Waals surface area contributed by atoms with Crippen LogP contribution in [0.15, 0.2) is 65.3 Å². The summed E-state index contributed by atoms with van der Waals surface area (Å²) >= 11 is 0. The van der Waals surface area contributed by atoms with Crippen LogP contribution in [-0.4, -0.2) is 17.6 Å². The number of nitrogens with one attached hydrogen (secondary N) is 1. The van der Waals surface area contributed by atoms with Crippen molar-refractivity contribution in [1.29, 1.82) is 0 Å². The van der Waals surface area contributed by atoms with Gasteiger partial charge in [0.2, 0.25) is 0 Å². The highest BCUT2D eigenvalue weighted by Gasteiger charge is 2.28. The van der Waals surface area contributed by atoms with Gasteiger partial charge in [0.1, 0.15) is 5.75 Å². The first-order chi connectivity index (χ1) is 16.2. The first kappa shape index (κ1) is 25.4. The number of benzene rings is 2. The van der Waals surface area contributed by atoms with Gasteiger partial charge in [-0.25, -0.2) is 0 Å². The number of aromatic hydroxyl groups is 1. The number of phenolic OH excluding ortho intramolecular Hbond substituents is 1.